The molecular weight excluding hydrogens is 274 g/mol. The maximum Gasteiger partial charge on any atom is 0.291 e. The van der Waals surface area contributed by atoms with E-state index in [1.807, 2.05) is 0 Å². The first-order chi connectivity index (χ1) is 8.77. The Bertz CT molecular complexity index is 608. The van der Waals surface area contributed by atoms with Crippen LogP contribution in [0.5, 0.6) is 0 Å². The first kappa shape index (κ1) is 15.3. The van der Waals surface area contributed by atoms with E-state index in [2.05, 4.69) is 4.74 Å². The molecule has 0 aliphatic heterocycles. The fourth-order valence-electron chi connectivity index (χ4n) is 1.64. The van der Waals surface area contributed by atoms with Crippen molar-refractivity contribution in [2.45, 2.75) is 11.3 Å². The first-order valence-corrected chi connectivity index (χ1v) is 7.13. The zero-order valence-electron chi connectivity index (χ0n) is 10.5. The zero-order valence-corrected chi connectivity index (χ0v) is 11.3. The van der Waals surface area contributed by atoms with Crippen molar-refractivity contribution in [3.63, 3.8) is 0 Å². The monoisotopic (exact) mass is 287 g/mol. The van der Waals surface area contributed by atoms with E-state index < -0.39 is 20.4 Å². The number of methoxy groups -OCH3 is 1. The van der Waals surface area contributed by atoms with E-state index in [4.69, 9.17) is 0 Å². The minimum absolute atomic E-state index is 0.0648. The van der Waals surface area contributed by atoms with Gasteiger partial charge in [0.1, 0.15) is 11.5 Å². The third-order valence-corrected chi connectivity index (χ3v) is 3.49. The van der Waals surface area contributed by atoms with Gasteiger partial charge in [0.05, 0.1) is 4.92 Å². The summed E-state index contributed by atoms with van der Waals surface area (Å²) >= 11 is 0. The van der Waals surface area contributed by atoms with Gasteiger partial charge >= 0.3 is 0 Å². The van der Waals surface area contributed by atoms with Crippen LogP contribution in [0.25, 0.3) is 0 Å². The van der Waals surface area contributed by atoms with Crippen LogP contribution in [-0.2, 0) is 25.8 Å². The number of hydrogen-bond donors (Lipinski definition) is 0. The second-order valence-electron chi connectivity index (χ2n) is 3.94. The molecule has 1 rings (SSSR count). The molecule has 0 amide bonds. The van der Waals surface area contributed by atoms with Gasteiger partial charge in [-0.05, 0) is 6.07 Å². The number of carbonyl (C=O) groups excluding carboxylic acids is 1. The molecule has 0 fully saturated rings. The molecule has 1 aromatic carbocycles. The van der Waals surface area contributed by atoms with Crippen molar-refractivity contribution in [2.75, 3.05) is 20.0 Å². The molecule has 0 saturated heterocycles. The second kappa shape index (κ2) is 5.89. The van der Waals surface area contributed by atoms with Crippen molar-refractivity contribution in [1.29, 1.82) is 0 Å². The lowest BCUT2D eigenvalue weighted by molar-refractivity contribution is -0.388. The molecule has 0 heterocycles. The van der Waals surface area contributed by atoms with Crippen molar-refractivity contribution in [3.05, 3.63) is 33.9 Å². The van der Waals surface area contributed by atoms with Crippen molar-refractivity contribution in [1.82, 2.24) is 0 Å². The van der Waals surface area contributed by atoms with Gasteiger partial charge in [-0.25, -0.2) is 8.42 Å². The zero-order chi connectivity index (χ0) is 14.6. The van der Waals surface area contributed by atoms with Gasteiger partial charge in [0.15, 0.2) is 15.6 Å². The van der Waals surface area contributed by atoms with Crippen LogP contribution in [0.1, 0.15) is 5.56 Å². The highest BCUT2D eigenvalue weighted by molar-refractivity contribution is 7.90. The minimum atomic E-state index is -3.73. The van der Waals surface area contributed by atoms with Crippen LogP contribution < -0.4 is 0 Å². The summed E-state index contributed by atoms with van der Waals surface area (Å²) in [6.45, 7) is -0.180. The number of nitro groups is 1. The van der Waals surface area contributed by atoms with Crippen LogP contribution in [0.2, 0.25) is 0 Å². The van der Waals surface area contributed by atoms with Gasteiger partial charge in [0.2, 0.25) is 0 Å². The molecule has 1 aromatic rings. The molecule has 7 nitrogen and oxygen atoms in total. The number of nitrogens with zero attached hydrogens (tertiary/aromatic N) is 1. The number of ether oxygens (including phenoxy) is 1. The Kier molecular flexibility index (Phi) is 4.73. The summed E-state index contributed by atoms with van der Waals surface area (Å²) < 4.78 is 27.7. The van der Waals surface area contributed by atoms with Crippen molar-refractivity contribution >= 4 is 21.3 Å². The maximum absolute atomic E-state index is 11.5. The van der Waals surface area contributed by atoms with Gasteiger partial charge < -0.3 is 4.74 Å². The predicted molar refractivity (Wildman–Crippen MR) is 66.8 cm³/mol. The Morgan fingerprint density at radius 2 is 2.05 bits per heavy atom. The van der Waals surface area contributed by atoms with Crippen molar-refractivity contribution in [2.24, 2.45) is 0 Å². The molecule has 0 aliphatic carbocycles. The quantitative estimate of drug-likeness (QED) is 0.565. The Balaban J connectivity index is 3.34. The topological polar surface area (TPSA) is 104 Å². The second-order valence-corrected chi connectivity index (χ2v) is 5.93. The van der Waals surface area contributed by atoms with E-state index in [-0.39, 0.29) is 29.3 Å². The van der Waals surface area contributed by atoms with E-state index in [0.29, 0.717) is 0 Å². The van der Waals surface area contributed by atoms with Gasteiger partial charge in [0, 0.05) is 25.3 Å². The van der Waals surface area contributed by atoms with Crippen LogP contribution in [-0.4, -0.2) is 39.1 Å². The normalized spacial score (nSPS) is 11.3. The van der Waals surface area contributed by atoms with Crippen LogP contribution in [0.15, 0.2) is 23.1 Å². The largest absolute Gasteiger partial charge is 0.377 e. The molecule has 0 saturated carbocycles. The number of hydrogen-bond acceptors (Lipinski definition) is 6. The van der Waals surface area contributed by atoms with Crippen LogP contribution >= 0.6 is 0 Å². The van der Waals surface area contributed by atoms with E-state index in [1.54, 1.807) is 0 Å². The fourth-order valence-corrected chi connectivity index (χ4v) is 2.52. The highest BCUT2D eigenvalue weighted by Gasteiger charge is 2.26. The van der Waals surface area contributed by atoms with Crippen molar-refractivity contribution < 1.29 is 22.9 Å². The summed E-state index contributed by atoms with van der Waals surface area (Å²) in [5.41, 5.74) is -0.482. The van der Waals surface area contributed by atoms with E-state index >= 15 is 0 Å². The number of sulfone groups is 1. The predicted octanol–water partition coefficient (Wildman–Crippen LogP) is 0.756. The molecule has 0 spiro atoms. The lowest BCUT2D eigenvalue weighted by Crippen LogP contribution is -2.12. The lowest BCUT2D eigenvalue weighted by atomic mass is 10.1. The molecule has 0 bridgehead atoms. The number of para-hydroxylation sites is 1. The maximum atomic E-state index is 11.5. The first-order valence-electron chi connectivity index (χ1n) is 5.24. The third kappa shape index (κ3) is 3.83. The Morgan fingerprint density at radius 1 is 1.42 bits per heavy atom. The molecule has 104 valence electrons. The number of benzene rings is 1. The smallest absolute Gasteiger partial charge is 0.291 e. The van der Waals surface area contributed by atoms with E-state index in [0.717, 1.165) is 12.3 Å². The molecular formula is C11H13NO6S. The molecule has 0 radical (unpaired) electrons. The molecule has 19 heavy (non-hydrogen) atoms. The average Bonchev–Trinajstić information content (AvgIpc) is 2.27. The SMILES string of the molecule is COCC(=O)Cc1cccc(S(C)(=O)=O)c1[N+](=O)[O-]. The summed E-state index contributed by atoms with van der Waals surface area (Å²) in [4.78, 5) is 21.3. The van der Waals surface area contributed by atoms with Gasteiger partial charge in [0.25, 0.3) is 5.69 Å². The van der Waals surface area contributed by atoms with Gasteiger partial charge in [-0.1, -0.05) is 12.1 Å². The summed E-state index contributed by atoms with van der Waals surface area (Å²) in [5.74, 6) is -0.365. The molecule has 0 aromatic heterocycles. The average molecular weight is 287 g/mol. The van der Waals surface area contributed by atoms with Gasteiger partial charge in [-0.2, -0.15) is 0 Å². The Hall–Kier alpha value is -1.80. The Morgan fingerprint density at radius 3 is 2.53 bits per heavy atom. The minimum Gasteiger partial charge on any atom is -0.377 e. The summed E-state index contributed by atoms with van der Waals surface area (Å²) in [5, 5.41) is 11.0. The summed E-state index contributed by atoms with van der Waals surface area (Å²) in [6.07, 6.45) is 0.642. The molecule has 8 heteroatoms. The van der Waals surface area contributed by atoms with E-state index in [1.165, 1.54) is 19.2 Å². The van der Waals surface area contributed by atoms with Crippen LogP contribution in [0, 0.1) is 10.1 Å². The highest BCUT2D eigenvalue weighted by Crippen LogP contribution is 2.28. The number of carbonyl (C=O) groups is 1. The van der Waals surface area contributed by atoms with E-state index in [9.17, 15) is 23.3 Å². The highest BCUT2D eigenvalue weighted by atomic mass is 32.2. The number of nitro benzene ring substituents is 1. The molecule has 0 unspecified atom stereocenters. The number of ketones is 1. The van der Waals surface area contributed by atoms with Crippen molar-refractivity contribution in [3.8, 4) is 0 Å². The Labute approximate surface area is 110 Å². The van der Waals surface area contributed by atoms with Gasteiger partial charge in [-0.3, -0.25) is 14.9 Å². The molecule has 0 N–H and O–H groups in total. The third-order valence-electron chi connectivity index (χ3n) is 2.36. The number of Topliss-reactive ketones (excluding diaryl/α,β-unsaturated/α-hetero) is 1. The van der Waals surface area contributed by atoms with Gasteiger partial charge in [-0.15, -0.1) is 0 Å². The van der Waals surface area contributed by atoms with Crippen LogP contribution in [0.4, 0.5) is 5.69 Å². The molecule has 0 aliphatic rings. The molecule has 0 atom stereocenters. The summed E-state index contributed by atoms with van der Waals surface area (Å²) in [7, 11) is -2.40. The van der Waals surface area contributed by atoms with Crippen LogP contribution in [0.3, 0.4) is 0 Å². The lowest BCUT2D eigenvalue weighted by Gasteiger charge is -2.06. The summed E-state index contributed by atoms with van der Waals surface area (Å²) in [6, 6.07) is 3.89. The standard InChI is InChI=1S/C11H13NO6S/c1-18-7-9(13)6-8-4-3-5-10(19(2,16)17)11(8)12(14)15/h3-5H,6-7H2,1-2H3. The fraction of sp³-hybridized carbons (Fsp3) is 0.364. The number of rotatable bonds is 6.